The molecule has 1 aromatic heterocycles. The Balaban J connectivity index is 1.19. The molecule has 2 aliphatic rings. The first-order valence-electron chi connectivity index (χ1n) is 13.8. The number of amides is 1. The van der Waals surface area contributed by atoms with Crippen molar-refractivity contribution in [2.24, 2.45) is 5.92 Å². The van der Waals surface area contributed by atoms with Crippen molar-refractivity contribution in [3.63, 3.8) is 0 Å². The Hall–Kier alpha value is -4.38. The second-order valence-corrected chi connectivity index (χ2v) is 10.5. The van der Waals surface area contributed by atoms with Crippen LogP contribution in [0.3, 0.4) is 0 Å². The van der Waals surface area contributed by atoms with E-state index in [0.29, 0.717) is 32.0 Å². The van der Waals surface area contributed by atoms with Crippen LogP contribution in [0.25, 0.3) is 0 Å². The molecule has 2 N–H and O–H groups in total. The maximum atomic E-state index is 12.8. The molecule has 5 rings (SSSR count). The lowest BCUT2D eigenvalue weighted by Crippen LogP contribution is -2.45. The Labute approximate surface area is 240 Å². The highest BCUT2D eigenvalue weighted by molar-refractivity contribution is 5.92. The van der Waals surface area contributed by atoms with Crippen molar-refractivity contribution >= 4 is 12.2 Å². The molecule has 1 amide bonds. The molecule has 1 fully saturated rings. The van der Waals surface area contributed by atoms with Gasteiger partial charge >= 0.3 is 0 Å². The van der Waals surface area contributed by atoms with Crippen molar-refractivity contribution in [1.82, 2.24) is 35.4 Å². The molecule has 0 saturated heterocycles. The van der Waals surface area contributed by atoms with Crippen molar-refractivity contribution in [2.75, 3.05) is 27.8 Å². The van der Waals surface area contributed by atoms with Gasteiger partial charge in [0.2, 0.25) is 5.82 Å². The highest BCUT2D eigenvalue weighted by Gasteiger charge is 2.36. The van der Waals surface area contributed by atoms with Crippen molar-refractivity contribution < 1.29 is 19.1 Å². The summed E-state index contributed by atoms with van der Waals surface area (Å²) in [5, 5.41) is 9.14. The summed E-state index contributed by atoms with van der Waals surface area (Å²) in [4.78, 5) is 31.1. The molecule has 41 heavy (non-hydrogen) atoms. The molecule has 1 saturated carbocycles. The molecule has 2 atom stereocenters. The van der Waals surface area contributed by atoms with Gasteiger partial charge in [0.05, 0.1) is 32.8 Å². The Morgan fingerprint density at radius 2 is 2.00 bits per heavy atom. The third kappa shape index (κ3) is 7.04. The number of carbonyl (C=O) groups is 2. The summed E-state index contributed by atoms with van der Waals surface area (Å²) in [5.74, 6) is 2.70. The van der Waals surface area contributed by atoms with Gasteiger partial charge in [-0.3, -0.25) is 9.80 Å². The van der Waals surface area contributed by atoms with E-state index in [9.17, 15) is 9.59 Å². The molecule has 2 unspecified atom stereocenters. The van der Waals surface area contributed by atoms with Gasteiger partial charge < -0.3 is 24.5 Å². The van der Waals surface area contributed by atoms with Gasteiger partial charge in [-0.05, 0) is 49.0 Å². The van der Waals surface area contributed by atoms with Crippen LogP contribution in [0.5, 0.6) is 11.5 Å². The summed E-state index contributed by atoms with van der Waals surface area (Å²) in [7, 11) is 5.33. The monoisotopic (exact) mass is 559 g/mol. The number of rotatable bonds is 14. The van der Waals surface area contributed by atoms with Gasteiger partial charge in [-0.2, -0.15) is 0 Å². The molecule has 2 heterocycles. The molecule has 1 aliphatic heterocycles. The zero-order valence-corrected chi connectivity index (χ0v) is 23.7. The number of ether oxygens (including phenoxy) is 2. The van der Waals surface area contributed by atoms with E-state index in [1.54, 1.807) is 18.9 Å². The zero-order valence-electron chi connectivity index (χ0n) is 23.7. The molecule has 3 aromatic rings. The van der Waals surface area contributed by atoms with Crippen molar-refractivity contribution in [1.29, 1.82) is 0 Å². The van der Waals surface area contributed by atoms with Gasteiger partial charge in [-0.1, -0.05) is 30.3 Å². The van der Waals surface area contributed by atoms with E-state index >= 15 is 0 Å². The van der Waals surface area contributed by atoms with Crippen LogP contribution in [0.1, 0.15) is 41.0 Å². The average Bonchev–Trinajstić information content (AvgIpc) is 3.59. The highest BCUT2D eigenvalue weighted by Crippen LogP contribution is 2.37. The largest absolute Gasteiger partial charge is 0.497 e. The van der Waals surface area contributed by atoms with Gasteiger partial charge in [-0.25, -0.2) is 15.1 Å². The molecule has 11 nitrogen and oxygen atoms in total. The smallest absolute Gasteiger partial charge is 0.291 e. The maximum absolute atomic E-state index is 12.8. The Bertz CT molecular complexity index is 1370. The number of nitrogens with one attached hydrogen (secondary N) is 2. The van der Waals surface area contributed by atoms with E-state index in [-0.39, 0.29) is 11.9 Å². The van der Waals surface area contributed by atoms with Gasteiger partial charge in [0, 0.05) is 31.8 Å². The molecule has 0 bridgehead atoms. The number of nitrogens with zero attached hydrogens (tertiary/aromatic N) is 5. The van der Waals surface area contributed by atoms with Gasteiger partial charge in [-0.15, -0.1) is 5.10 Å². The van der Waals surface area contributed by atoms with Gasteiger partial charge in [0.25, 0.3) is 5.91 Å². The molecule has 0 spiro atoms. The topological polar surface area (TPSA) is 114 Å². The van der Waals surface area contributed by atoms with E-state index in [2.05, 4.69) is 36.8 Å². The fraction of sp³-hybridized carbons (Fsp3) is 0.400. The van der Waals surface area contributed by atoms with Crippen molar-refractivity contribution in [3.8, 4) is 11.5 Å². The first-order chi connectivity index (χ1) is 20.0. The van der Waals surface area contributed by atoms with E-state index in [4.69, 9.17) is 9.47 Å². The first kappa shape index (κ1) is 28.2. The lowest BCUT2D eigenvalue weighted by atomic mass is 10.1. The molecular formula is C30H37N7O4. The van der Waals surface area contributed by atoms with Crippen LogP contribution in [0.2, 0.25) is 0 Å². The number of aldehydes is 1. The normalized spacial score (nSPS) is 17.1. The molecular weight excluding hydrogens is 522 g/mol. The maximum Gasteiger partial charge on any atom is 0.291 e. The second kappa shape index (κ2) is 12.9. The molecule has 1 aliphatic carbocycles. The summed E-state index contributed by atoms with van der Waals surface area (Å²) in [5.41, 5.74) is 5.68. The quantitative estimate of drug-likeness (QED) is 0.288. The van der Waals surface area contributed by atoms with Crippen molar-refractivity contribution in [3.05, 3.63) is 83.7 Å². The fourth-order valence-corrected chi connectivity index (χ4v) is 4.98. The summed E-state index contributed by atoms with van der Waals surface area (Å²) >= 11 is 0. The second-order valence-electron chi connectivity index (χ2n) is 10.5. The first-order valence-corrected chi connectivity index (χ1v) is 13.8. The summed E-state index contributed by atoms with van der Waals surface area (Å²) < 4.78 is 12.5. The SMILES string of the molecule is COc1ccc(CN(C)C2=CC(C3CC3)NN2CCC(C=O)NC(=O)c2ncn(Cc3ccccc3)n2)c(OC)c1. The Kier molecular flexibility index (Phi) is 8.83. The Morgan fingerprint density at radius 1 is 1.20 bits per heavy atom. The van der Waals surface area contributed by atoms with Gasteiger partial charge in [0.1, 0.15) is 29.9 Å². The number of benzene rings is 2. The average molecular weight is 560 g/mol. The number of hydrogen-bond donors (Lipinski definition) is 2. The van der Waals surface area contributed by atoms with Gasteiger partial charge in [0.15, 0.2) is 0 Å². The van der Waals surface area contributed by atoms with Crippen LogP contribution in [-0.2, 0) is 17.9 Å². The minimum absolute atomic E-state index is 0.0367. The number of aromatic nitrogens is 3. The molecule has 11 heteroatoms. The lowest BCUT2D eigenvalue weighted by Gasteiger charge is -2.31. The van der Waals surface area contributed by atoms with Crippen LogP contribution >= 0.6 is 0 Å². The van der Waals surface area contributed by atoms with Crippen LogP contribution in [-0.4, -0.2) is 76.8 Å². The fourth-order valence-electron chi connectivity index (χ4n) is 4.98. The summed E-state index contributed by atoms with van der Waals surface area (Å²) in [6, 6.07) is 15.2. The highest BCUT2D eigenvalue weighted by atomic mass is 16.5. The van der Waals surface area contributed by atoms with Crippen LogP contribution in [0.4, 0.5) is 0 Å². The zero-order chi connectivity index (χ0) is 28.8. The van der Waals surface area contributed by atoms with E-state index < -0.39 is 11.9 Å². The number of hydrogen-bond acceptors (Lipinski definition) is 9. The third-order valence-electron chi connectivity index (χ3n) is 7.40. The molecule has 216 valence electrons. The molecule has 0 radical (unpaired) electrons. The summed E-state index contributed by atoms with van der Waals surface area (Å²) in [6.07, 6.45) is 7.36. The van der Waals surface area contributed by atoms with Crippen LogP contribution in [0.15, 0.2) is 66.8 Å². The number of hydrazine groups is 1. The third-order valence-corrected chi connectivity index (χ3v) is 7.40. The van der Waals surface area contributed by atoms with E-state index in [1.807, 2.05) is 55.6 Å². The van der Waals surface area contributed by atoms with Crippen molar-refractivity contribution in [2.45, 2.75) is 44.4 Å². The minimum atomic E-state index is -0.682. The van der Waals surface area contributed by atoms with Crippen LogP contribution in [0, 0.1) is 5.92 Å². The predicted octanol–water partition coefficient (Wildman–Crippen LogP) is 2.60. The molecule has 2 aromatic carbocycles. The predicted molar refractivity (Wildman–Crippen MR) is 153 cm³/mol. The van der Waals surface area contributed by atoms with E-state index in [1.165, 1.54) is 19.2 Å². The standard InChI is InChI=1S/C30H37N7O4/c1-35(18-23-11-12-25(40-2)15-27(23)41-3)28-16-26(22-9-10-22)33-37(28)14-13-24(19-38)32-30(39)29-31-20-36(34-29)17-21-7-5-4-6-8-21/h4-8,11-12,15-16,19-20,22,24,26,33H,9-10,13-14,17-18H2,1-3H3,(H,32,39). The number of methoxy groups -OCH3 is 2. The minimum Gasteiger partial charge on any atom is -0.497 e. The van der Waals surface area contributed by atoms with Crippen LogP contribution < -0.4 is 20.2 Å². The Morgan fingerprint density at radius 3 is 2.71 bits per heavy atom. The number of carbonyl (C=O) groups excluding carboxylic acids is 2. The van der Waals surface area contributed by atoms with E-state index in [0.717, 1.165) is 34.7 Å². The summed E-state index contributed by atoms with van der Waals surface area (Å²) in [6.45, 7) is 1.66. The lowest BCUT2D eigenvalue weighted by molar-refractivity contribution is -0.109.